The Morgan fingerprint density at radius 3 is 2.56 bits per heavy atom. The van der Waals surface area contributed by atoms with Crippen molar-refractivity contribution >= 4 is 20.8 Å². The van der Waals surface area contributed by atoms with Crippen molar-refractivity contribution in [3.63, 3.8) is 0 Å². The van der Waals surface area contributed by atoms with Crippen LogP contribution in [0, 0.1) is 0 Å². The highest BCUT2D eigenvalue weighted by Gasteiger charge is 2.28. The molecule has 0 N–H and O–H groups in total. The molecular weight excluding hydrogens is 428 g/mol. The van der Waals surface area contributed by atoms with Gasteiger partial charge in [-0.1, -0.05) is 42.5 Å². The maximum Gasteiger partial charge on any atom is 0.244 e. The lowest BCUT2D eigenvalue weighted by Crippen LogP contribution is -2.42. The quantitative estimate of drug-likeness (QED) is 0.547. The molecule has 0 aliphatic carbocycles. The van der Waals surface area contributed by atoms with Crippen LogP contribution in [-0.4, -0.2) is 63.8 Å². The summed E-state index contributed by atoms with van der Waals surface area (Å²) in [5, 5.41) is 1.64. The number of hydrogen-bond acceptors (Lipinski definition) is 6. The van der Waals surface area contributed by atoms with Gasteiger partial charge in [-0.25, -0.2) is 8.42 Å². The number of hydrogen-bond donors (Lipinski definition) is 0. The van der Waals surface area contributed by atoms with Crippen molar-refractivity contribution in [1.29, 1.82) is 0 Å². The Labute approximate surface area is 188 Å². The zero-order valence-electron chi connectivity index (χ0n) is 17.8. The Balaban J connectivity index is 1.47. The molecule has 7 nitrogen and oxygen atoms in total. The van der Waals surface area contributed by atoms with Crippen LogP contribution in [0.5, 0.6) is 11.5 Å². The first-order valence-corrected chi connectivity index (χ1v) is 12.2. The van der Waals surface area contributed by atoms with Crippen LogP contribution in [0.4, 0.5) is 0 Å². The third-order valence-electron chi connectivity index (χ3n) is 5.93. The van der Waals surface area contributed by atoms with E-state index in [9.17, 15) is 8.42 Å². The van der Waals surface area contributed by atoms with Crippen molar-refractivity contribution < 1.29 is 22.6 Å². The number of rotatable bonds is 7. The molecule has 32 heavy (non-hydrogen) atoms. The summed E-state index contributed by atoms with van der Waals surface area (Å²) in [6, 6.07) is 18.6. The molecule has 168 valence electrons. The number of ether oxygens (including phenoxy) is 3. The molecule has 2 aliphatic heterocycles. The fraction of sp³-hybridized carbons (Fsp3) is 0.333. The highest BCUT2D eigenvalue weighted by Crippen LogP contribution is 2.34. The SMILES string of the molecule is O=S(=O)(c1cccc2ccccc12)N(CCN1CCOCC1)Cc1ccc2c(c1)OCO2. The minimum Gasteiger partial charge on any atom is -0.454 e. The number of benzene rings is 3. The van der Waals surface area contributed by atoms with Crippen molar-refractivity contribution in [1.82, 2.24) is 9.21 Å². The third-order valence-corrected chi connectivity index (χ3v) is 7.84. The van der Waals surface area contributed by atoms with Crippen LogP contribution in [0.15, 0.2) is 65.6 Å². The van der Waals surface area contributed by atoms with Crippen molar-refractivity contribution in [3.8, 4) is 11.5 Å². The Hall–Kier alpha value is -2.65. The van der Waals surface area contributed by atoms with Crippen LogP contribution in [0.2, 0.25) is 0 Å². The number of fused-ring (bicyclic) bond motifs is 2. The average Bonchev–Trinajstić information content (AvgIpc) is 3.30. The molecule has 3 aromatic carbocycles. The van der Waals surface area contributed by atoms with Crippen LogP contribution in [0.25, 0.3) is 10.8 Å². The van der Waals surface area contributed by atoms with E-state index in [1.54, 1.807) is 16.4 Å². The van der Waals surface area contributed by atoms with Gasteiger partial charge in [0.25, 0.3) is 0 Å². The maximum absolute atomic E-state index is 13.9. The Bertz CT molecular complexity index is 1200. The first-order valence-electron chi connectivity index (χ1n) is 10.8. The maximum atomic E-state index is 13.9. The molecule has 0 bridgehead atoms. The molecule has 0 spiro atoms. The second-order valence-corrected chi connectivity index (χ2v) is 9.86. The van der Waals surface area contributed by atoms with Gasteiger partial charge in [0.1, 0.15) is 0 Å². The lowest BCUT2D eigenvalue weighted by Gasteiger charge is -2.30. The summed E-state index contributed by atoms with van der Waals surface area (Å²) in [7, 11) is -3.74. The van der Waals surface area contributed by atoms with E-state index in [2.05, 4.69) is 4.90 Å². The van der Waals surface area contributed by atoms with Gasteiger partial charge in [-0.05, 0) is 29.1 Å². The van der Waals surface area contributed by atoms with E-state index in [-0.39, 0.29) is 13.3 Å². The normalized spacial score (nSPS) is 16.7. The fourth-order valence-corrected chi connectivity index (χ4v) is 5.80. The predicted molar refractivity (Wildman–Crippen MR) is 121 cm³/mol. The van der Waals surface area contributed by atoms with Gasteiger partial charge in [0.05, 0.1) is 18.1 Å². The van der Waals surface area contributed by atoms with Crippen molar-refractivity contribution in [2.75, 3.05) is 46.2 Å². The smallest absolute Gasteiger partial charge is 0.244 e. The minimum absolute atomic E-state index is 0.188. The van der Waals surface area contributed by atoms with E-state index >= 15 is 0 Å². The molecule has 2 aliphatic rings. The van der Waals surface area contributed by atoms with E-state index < -0.39 is 10.0 Å². The largest absolute Gasteiger partial charge is 0.454 e. The molecule has 1 saturated heterocycles. The molecular formula is C24H26N2O5S. The minimum atomic E-state index is -3.74. The highest BCUT2D eigenvalue weighted by atomic mass is 32.2. The summed E-state index contributed by atoms with van der Waals surface area (Å²) >= 11 is 0. The molecule has 3 aromatic rings. The van der Waals surface area contributed by atoms with Crippen LogP contribution >= 0.6 is 0 Å². The van der Waals surface area contributed by atoms with Gasteiger partial charge in [0.15, 0.2) is 11.5 Å². The van der Waals surface area contributed by atoms with Gasteiger partial charge >= 0.3 is 0 Å². The summed E-state index contributed by atoms with van der Waals surface area (Å²) in [5.74, 6) is 1.34. The van der Waals surface area contributed by atoms with Crippen LogP contribution < -0.4 is 9.47 Å². The van der Waals surface area contributed by atoms with Gasteiger partial charge in [0, 0.05) is 38.1 Å². The van der Waals surface area contributed by atoms with E-state index in [1.165, 1.54) is 0 Å². The first kappa shape index (κ1) is 21.2. The van der Waals surface area contributed by atoms with Crippen LogP contribution in [0.3, 0.4) is 0 Å². The molecule has 0 amide bonds. The first-order chi connectivity index (χ1) is 15.6. The molecule has 0 unspecified atom stereocenters. The standard InChI is InChI=1S/C24H26N2O5S/c27-32(28,24-7-3-5-20-4-1-2-6-21(20)24)26(11-10-25-12-14-29-15-13-25)17-19-8-9-22-23(16-19)31-18-30-22/h1-9,16H,10-15,17-18H2. The van der Waals surface area contributed by atoms with Gasteiger partial charge in [-0.2, -0.15) is 4.31 Å². The molecule has 5 rings (SSSR count). The number of morpholine rings is 1. The molecule has 0 saturated carbocycles. The van der Waals surface area contributed by atoms with Crippen molar-refractivity contribution in [2.24, 2.45) is 0 Å². The van der Waals surface area contributed by atoms with Crippen LogP contribution in [-0.2, 0) is 21.3 Å². The molecule has 2 heterocycles. The van der Waals surface area contributed by atoms with Gasteiger partial charge < -0.3 is 14.2 Å². The molecule has 0 aromatic heterocycles. The zero-order chi connectivity index (χ0) is 22.0. The topological polar surface area (TPSA) is 68.3 Å². The molecule has 0 atom stereocenters. The Morgan fingerprint density at radius 1 is 0.906 bits per heavy atom. The lowest BCUT2D eigenvalue weighted by molar-refractivity contribution is 0.0361. The third kappa shape index (κ3) is 4.31. The molecule has 0 radical (unpaired) electrons. The Morgan fingerprint density at radius 2 is 1.69 bits per heavy atom. The second kappa shape index (κ2) is 9.07. The summed E-state index contributed by atoms with van der Waals surface area (Å²) in [5.41, 5.74) is 0.861. The molecule has 8 heteroatoms. The van der Waals surface area contributed by atoms with E-state index in [4.69, 9.17) is 14.2 Å². The highest BCUT2D eigenvalue weighted by molar-refractivity contribution is 7.89. The van der Waals surface area contributed by atoms with E-state index in [1.807, 2.05) is 48.5 Å². The van der Waals surface area contributed by atoms with E-state index in [0.717, 1.165) is 29.4 Å². The van der Waals surface area contributed by atoms with Crippen molar-refractivity contribution in [3.05, 3.63) is 66.2 Å². The molecule has 1 fully saturated rings. The predicted octanol–water partition coefficient (Wildman–Crippen LogP) is 3.09. The van der Waals surface area contributed by atoms with Crippen LogP contribution in [0.1, 0.15) is 5.56 Å². The monoisotopic (exact) mass is 454 g/mol. The van der Waals surface area contributed by atoms with E-state index in [0.29, 0.717) is 42.7 Å². The van der Waals surface area contributed by atoms with Gasteiger partial charge in [0.2, 0.25) is 16.8 Å². The summed E-state index contributed by atoms with van der Waals surface area (Å²) in [6.07, 6.45) is 0. The number of sulfonamides is 1. The Kier molecular flexibility index (Phi) is 6.01. The lowest BCUT2D eigenvalue weighted by atomic mass is 10.1. The zero-order valence-corrected chi connectivity index (χ0v) is 18.6. The fourth-order valence-electron chi connectivity index (χ4n) is 4.16. The van der Waals surface area contributed by atoms with Gasteiger partial charge in [-0.3, -0.25) is 4.90 Å². The average molecular weight is 455 g/mol. The second-order valence-electron chi connectivity index (χ2n) is 7.96. The summed E-state index contributed by atoms with van der Waals surface area (Å²) in [6.45, 7) is 4.47. The number of nitrogens with zero attached hydrogens (tertiary/aromatic N) is 2. The summed E-state index contributed by atoms with van der Waals surface area (Å²) in [4.78, 5) is 2.58. The summed E-state index contributed by atoms with van der Waals surface area (Å²) < 4.78 is 45.7. The van der Waals surface area contributed by atoms with Gasteiger partial charge in [-0.15, -0.1) is 0 Å². The van der Waals surface area contributed by atoms with Crippen molar-refractivity contribution in [2.45, 2.75) is 11.4 Å².